The molecule has 0 aliphatic carbocycles. The van der Waals surface area contributed by atoms with Crippen molar-refractivity contribution < 1.29 is 4.79 Å². The largest absolute Gasteiger partial charge is 0.236 e. The Hall–Kier alpha value is -1.62. The van der Waals surface area contributed by atoms with Crippen molar-refractivity contribution in [1.82, 2.24) is 0 Å². The van der Waals surface area contributed by atoms with Crippen LogP contribution < -0.4 is 0 Å². The van der Waals surface area contributed by atoms with Gasteiger partial charge in [-0.05, 0) is 24.1 Å². The van der Waals surface area contributed by atoms with Crippen LogP contribution in [0, 0.1) is 18.3 Å². The van der Waals surface area contributed by atoms with E-state index in [1.807, 2.05) is 13.0 Å². The number of hydrogen-bond acceptors (Lipinski definition) is 3. The third-order valence-corrected chi connectivity index (χ3v) is 2.22. The lowest BCUT2D eigenvalue weighted by molar-refractivity contribution is 0.561. The number of carbonyl (C=O) groups excluding carboxylic acids is 1. The molecule has 0 aliphatic rings. The Morgan fingerprint density at radius 2 is 2.29 bits per heavy atom. The molecule has 1 unspecified atom stereocenters. The van der Waals surface area contributed by atoms with Crippen LogP contribution in [-0.2, 0) is 4.79 Å². The summed E-state index contributed by atoms with van der Waals surface area (Å²) in [5.74, 6) is 0. The molecule has 0 bridgehead atoms. The van der Waals surface area contributed by atoms with E-state index in [1.54, 1.807) is 18.2 Å². The van der Waals surface area contributed by atoms with Crippen molar-refractivity contribution in [2.75, 3.05) is 0 Å². The Morgan fingerprint density at radius 1 is 1.57 bits per heavy atom. The molecule has 0 saturated heterocycles. The summed E-state index contributed by atoms with van der Waals surface area (Å²) in [6.45, 7) is 1.86. The van der Waals surface area contributed by atoms with Crippen molar-refractivity contribution in [2.45, 2.75) is 13.0 Å². The second-order valence-corrected chi connectivity index (χ2v) is 3.17. The van der Waals surface area contributed by atoms with Crippen LogP contribution in [0.15, 0.2) is 23.2 Å². The zero-order chi connectivity index (χ0) is 10.6. The molecular formula is C10H7ClN2O. The molecule has 0 aliphatic heterocycles. The Morgan fingerprint density at radius 3 is 2.79 bits per heavy atom. The molecule has 0 aromatic heterocycles. The van der Waals surface area contributed by atoms with E-state index in [0.717, 1.165) is 5.56 Å². The molecule has 0 radical (unpaired) electrons. The topological polar surface area (TPSA) is 53.2 Å². The van der Waals surface area contributed by atoms with E-state index in [2.05, 4.69) is 4.99 Å². The van der Waals surface area contributed by atoms with Gasteiger partial charge < -0.3 is 0 Å². The number of halogens is 1. The highest BCUT2D eigenvalue weighted by atomic mass is 35.5. The van der Waals surface area contributed by atoms with Crippen molar-refractivity contribution in [1.29, 1.82) is 5.26 Å². The normalized spacial score (nSPS) is 11.2. The van der Waals surface area contributed by atoms with Gasteiger partial charge in [-0.2, -0.15) is 10.3 Å². The SMILES string of the molecule is Cc1ccc(C(C#N)N=C=O)cc1Cl. The van der Waals surface area contributed by atoms with Crippen LogP contribution >= 0.6 is 11.6 Å². The average Bonchev–Trinajstić information content (AvgIpc) is 2.19. The Bertz CT molecular complexity index is 430. The summed E-state index contributed by atoms with van der Waals surface area (Å²) in [5, 5.41) is 9.26. The van der Waals surface area contributed by atoms with Gasteiger partial charge in [0.15, 0.2) is 6.04 Å². The monoisotopic (exact) mass is 206 g/mol. The molecule has 4 heteroatoms. The van der Waals surface area contributed by atoms with Gasteiger partial charge in [-0.25, -0.2) is 4.79 Å². The van der Waals surface area contributed by atoms with Crippen molar-refractivity contribution in [2.24, 2.45) is 4.99 Å². The average molecular weight is 207 g/mol. The van der Waals surface area contributed by atoms with E-state index in [-0.39, 0.29) is 0 Å². The fourth-order valence-electron chi connectivity index (χ4n) is 1.01. The third kappa shape index (κ3) is 2.20. The number of benzene rings is 1. The minimum absolute atomic E-state index is 0.559. The van der Waals surface area contributed by atoms with E-state index in [1.165, 1.54) is 6.08 Å². The number of rotatable bonds is 2. The van der Waals surface area contributed by atoms with Crippen LogP contribution in [0.4, 0.5) is 0 Å². The number of nitriles is 1. The Labute approximate surface area is 86.6 Å². The summed E-state index contributed by atoms with van der Waals surface area (Å²) in [5.41, 5.74) is 1.52. The van der Waals surface area contributed by atoms with Gasteiger partial charge in [0, 0.05) is 5.02 Å². The minimum atomic E-state index is -0.814. The molecule has 0 amide bonds. The summed E-state index contributed by atoms with van der Waals surface area (Å²) >= 11 is 5.87. The first-order valence-electron chi connectivity index (χ1n) is 3.91. The lowest BCUT2D eigenvalue weighted by Crippen LogP contribution is -1.92. The molecule has 0 heterocycles. The van der Waals surface area contributed by atoms with Gasteiger partial charge in [0.05, 0.1) is 6.07 Å². The Balaban J connectivity index is 3.13. The van der Waals surface area contributed by atoms with Crippen LogP contribution in [0.25, 0.3) is 0 Å². The van der Waals surface area contributed by atoms with Crippen molar-refractivity contribution >= 4 is 17.7 Å². The summed E-state index contributed by atoms with van der Waals surface area (Å²) in [6.07, 6.45) is 1.36. The predicted molar refractivity (Wildman–Crippen MR) is 52.7 cm³/mol. The maximum absolute atomic E-state index is 10.0. The van der Waals surface area contributed by atoms with Gasteiger partial charge in [0.25, 0.3) is 0 Å². The molecule has 1 aromatic carbocycles. The zero-order valence-corrected chi connectivity index (χ0v) is 8.25. The number of aliphatic imine (C=N–C) groups is 1. The standard InChI is InChI=1S/C10H7ClN2O/c1-7-2-3-8(4-9(7)11)10(5-12)13-6-14/h2-4,10H,1H3. The fraction of sp³-hybridized carbons (Fsp3) is 0.200. The molecular weight excluding hydrogens is 200 g/mol. The minimum Gasteiger partial charge on any atom is -0.211 e. The summed E-state index contributed by atoms with van der Waals surface area (Å²) in [4.78, 5) is 13.4. The predicted octanol–water partition coefficient (Wildman–Crippen LogP) is 2.55. The maximum Gasteiger partial charge on any atom is 0.236 e. The second-order valence-electron chi connectivity index (χ2n) is 2.76. The van der Waals surface area contributed by atoms with Gasteiger partial charge in [0.2, 0.25) is 6.08 Å². The van der Waals surface area contributed by atoms with E-state index in [0.29, 0.717) is 10.6 Å². The van der Waals surface area contributed by atoms with Gasteiger partial charge in [-0.15, -0.1) is 0 Å². The molecule has 0 N–H and O–H groups in total. The zero-order valence-electron chi connectivity index (χ0n) is 7.49. The van der Waals surface area contributed by atoms with Crippen molar-refractivity contribution in [3.05, 3.63) is 34.3 Å². The van der Waals surface area contributed by atoms with Gasteiger partial charge in [-0.3, -0.25) is 0 Å². The van der Waals surface area contributed by atoms with Crippen molar-refractivity contribution in [3.8, 4) is 6.07 Å². The lowest BCUT2D eigenvalue weighted by Gasteiger charge is -2.04. The molecule has 0 saturated carbocycles. The molecule has 1 atom stereocenters. The number of aryl methyl sites for hydroxylation is 1. The van der Waals surface area contributed by atoms with E-state index >= 15 is 0 Å². The highest BCUT2D eigenvalue weighted by molar-refractivity contribution is 6.31. The summed E-state index contributed by atoms with van der Waals surface area (Å²) in [6, 6.07) is 6.19. The first-order valence-corrected chi connectivity index (χ1v) is 4.29. The first-order chi connectivity index (χ1) is 6.69. The molecule has 1 rings (SSSR count). The molecule has 1 aromatic rings. The Kier molecular flexibility index (Phi) is 3.41. The van der Waals surface area contributed by atoms with E-state index in [4.69, 9.17) is 16.9 Å². The van der Waals surface area contributed by atoms with Crippen LogP contribution in [0.1, 0.15) is 17.2 Å². The number of hydrogen-bond donors (Lipinski definition) is 0. The van der Waals surface area contributed by atoms with E-state index in [9.17, 15) is 4.79 Å². The van der Waals surface area contributed by atoms with Crippen LogP contribution in [0.5, 0.6) is 0 Å². The molecule has 14 heavy (non-hydrogen) atoms. The maximum atomic E-state index is 10.0. The smallest absolute Gasteiger partial charge is 0.211 e. The van der Waals surface area contributed by atoms with Gasteiger partial charge in [-0.1, -0.05) is 23.7 Å². The van der Waals surface area contributed by atoms with Gasteiger partial charge >= 0.3 is 0 Å². The van der Waals surface area contributed by atoms with E-state index < -0.39 is 6.04 Å². The highest BCUT2D eigenvalue weighted by Crippen LogP contribution is 2.22. The highest BCUT2D eigenvalue weighted by Gasteiger charge is 2.09. The number of isocyanates is 1. The molecule has 70 valence electrons. The summed E-state index contributed by atoms with van der Waals surface area (Å²) < 4.78 is 0. The molecule has 3 nitrogen and oxygen atoms in total. The lowest BCUT2D eigenvalue weighted by atomic mass is 10.1. The summed E-state index contributed by atoms with van der Waals surface area (Å²) in [7, 11) is 0. The van der Waals surface area contributed by atoms with Crippen molar-refractivity contribution in [3.63, 3.8) is 0 Å². The van der Waals surface area contributed by atoms with Crippen LogP contribution in [-0.4, -0.2) is 6.08 Å². The molecule has 0 spiro atoms. The van der Waals surface area contributed by atoms with Crippen LogP contribution in [0.2, 0.25) is 5.02 Å². The van der Waals surface area contributed by atoms with Gasteiger partial charge in [0.1, 0.15) is 0 Å². The second kappa shape index (κ2) is 4.57. The molecule has 0 fully saturated rings. The quantitative estimate of drug-likeness (QED) is 0.552. The fourth-order valence-corrected chi connectivity index (χ4v) is 1.20. The number of nitrogens with zero attached hydrogens (tertiary/aromatic N) is 2. The first kappa shape index (κ1) is 10.5. The van der Waals surface area contributed by atoms with Crippen LogP contribution in [0.3, 0.4) is 0 Å². The third-order valence-electron chi connectivity index (χ3n) is 1.82.